The van der Waals surface area contributed by atoms with Gasteiger partial charge in [0, 0.05) is 25.4 Å². The fourth-order valence-electron chi connectivity index (χ4n) is 3.48. The molecule has 3 rings (SSSR count). The Morgan fingerprint density at radius 1 is 1.04 bits per heavy atom. The molecule has 1 aliphatic carbocycles. The highest BCUT2D eigenvalue weighted by atomic mass is 16.6. The normalized spacial score (nSPS) is 12.3. The molecule has 0 radical (unpaired) electrons. The summed E-state index contributed by atoms with van der Waals surface area (Å²) in [5.74, 6) is -0.822. The molecule has 0 aliphatic heterocycles. The molecule has 1 aliphatic rings. The summed E-state index contributed by atoms with van der Waals surface area (Å²) in [6, 6.07) is 16.4. The Kier molecular flexibility index (Phi) is 5.56. The molecule has 0 unspecified atom stereocenters. The number of carbonyl (C=O) groups excluding carboxylic acids is 1. The molecule has 0 spiro atoms. The van der Waals surface area contributed by atoms with Crippen molar-refractivity contribution in [3.8, 4) is 11.1 Å². The van der Waals surface area contributed by atoms with E-state index in [1.807, 2.05) is 31.2 Å². The Bertz CT molecular complexity index is 757. The van der Waals surface area contributed by atoms with Gasteiger partial charge >= 0.3 is 12.1 Å². The molecule has 0 aromatic heterocycles. The van der Waals surface area contributed by atoms with Crippen LogP contribution in [0.5, 0.6) is 0 Å². The van der Waals surface area contributed by atoms with Gasteiger partial charge in [-0.05, 0) is 35.6 Å². The number of fused-ring (bicyclic) bond motifs is 3. The minimum absolute atomic E-state index is 0.0316. The summed E-state index contributed by atoms with van der Waals surface area (Å²) in [5.41, 5.74) is 4.74. The van der Waals surface area contributed by atoms with Gasteiger partial charge in [-0.15, -0.1) is 0 Å². The van der Waals surface area contributed by atoms with Crippen molar-refractivity contribution >= 4 is 12.1 Å². The van der Waals surface area contributed by atoms with E-state index in [2.05, 4.69) is 24.3 Å². The molecule has 2 aromatic carbocycles. The van der Waals surface area contributed by atoms with Gasteiger partial charge in [-0.1, -0.05) is 48.5 Å². The van der Waals surface area contributed by atoms with Crippen molar-refractivity contribution < 1.29 is 19.4 Å². The first-order valence-corrected chi connectivity index (χ1v) is 8.93. The summed E-state index contributed by atoms with van der Waals surface area (Å²) >= 11 is 0. The van der Waals surface area contributed by atoms with Gasteiger partial charge in [-0.2, -0.15) is 0 Å². The number of benzene rings is 2. The number of amides is 1. The van der Waals surface area contributed by atoms with E-state index in [4.69, 9.17) is 9.84 Å². The van der Waals surface area contributed by atoms with E-state index in [0.29, 0.717) is 19.5 Å². The third-order valence-electron chi connectivity index (χ3n) is 4.79. The van der Waals surface area contributed by atoms with E-state index in [0.717, 1.165) is 0 Å². The Labute approximate surface area is 153 Å². The number of nitrogens with zero attached hydrogens (tertiary/aromatic N) is 1. The third kappa shape index (κ3) is 3.72. The first-order valence-electron chi connectivity index (χ1n) is 8.93. The largest absolute Gasteiger partial charge is 0.481 e. The number of carboxylic acids is 1. The van der Waals surface area contributed by atoms with E-state index in [-0.39, 0.29) is 25.0 Å². The second-order valence-electron chi connectivity index (χ2n) is 6.38. The first kappa shape index (κ1) is 18.0. The lowest BCUT2D eigenvalue weighted by Gasteiger charge is -2.22. The van der Waals surface area contributed by atoms with Crippen LogP contribution in [0.1, 0.15) is 36.8 Å². The van der Waals surface area contributed by atoms with E-state index >= 15 is 0 Å². The zero-order valence-electron chi connectivity index (χ0n) is 14.9. The molecule has 0 saturated heterocycles. The lowest BCUT2D eigenvalue weighted by atomic mass is 9.98. The molecule has 1 N–H and O–H groups in total. The van der Waals surface area contributed by atoms with Crippen molar-refractivity contribution in [2.75, 3.05) is 19.7 Å². The van der Waals surface area contributed by atoms with Gasteiger partial charge in [0.1, 0.15) is 6.61 Å². The molecule has 2 aromatic rings. The molecule has 0 fully saturated rings. The van der Waals surface area contributed by atoms with Crippen molar-refractivity contribution in [1.29, 1.82) is 0 Å². The van der Waals surface area contributed by atoms with Gasteiger partial charge in [-0.3, -0.25) is 4.79 Å². The zero-order valence-corrected chi connectivity index (χ0v) is 14.9. The summed E-state index contributed by atoms with van der Waals surface area (Å²) < 4.78 is 5.59. The van der Waals surface area contributed by atoms with Crippen LogP contribution >= 0.6 is 0 Å². The molecule has 0 bridgehead atoms. The molecule has 136 valence electrons. The predicted molar refractivity (Wildman–Crippen MR) is 99.2 cm³/mol. The minimum Gasteiger partial charge on any atom is -0.481 e. The van der Waals surface area contributed by atoms with Crippen LogP contribution in [-0.2, 0) is 9.53 Å². The Hall–Kier alpha value is -2.82. The van der Waals surface area contributed by atoms with Gasteiger partial charge in [0.2, 0.25) is 0 Å². The summed E-state index contributed by atoms with van der Waals surface area (Å²) in [6.07, 6.45) is 0.0836. The highest BCUT2D eigenvalue weighted by Gasteiger charge is 2.29. The Morgan fingerprint density at radius 3 is 2.15 bits per heavy atom. The van der Waals surface area contributed by atoms with E-state index in [1.165, 1.54) is 22.3 Å². The lowest BCUT2D eigenvalue weighted by molar-refractivity contribution is -0.137. The van der Waals surface area contributed by atoms with Crippen LogP contribution in [0.4, 0.5) is 4.79 Å². The van der Waals surface area contributed by atoms with Crippen LogP contribution < -0.4 is 0 Å². The lowest BCUT2D eigenvalue weighted by Crippen LogP contribution is -2.33. The molecule has 26 heavy (non-hydrogen) atoms. The number of rotatable bonds is 7. The summed E-state index contributed by atoms with van der Waals surface area (Å²) in [6.45, 7) is 3.03. The smallest absolute Gasteiger partial charge is 0.409 e. The Balaban J connectivity index is 1.67. The van der Waals surface area contributed by atoms with Gasteiger partial charge in [-0.25, -0.2) is 4.79 Å². The van der Waals surface area contributed by atoms with Crippen molar-refractivity contribution in [1.82, 2.24) is 4.90 Å². The van der Waals surface area contributed by atoms with Gasteiger partial charge in [0.05, 0.1) is 0 Å². The number of hydrogen-bond donors (Lipinski definition) is 1. The van der Waals surface area contributed by atoms with Crippen LogP contribution in [-0.4, -0.2) is 41.8 Å². The zero-order chi connectivity index (χ0) is 18.5. The number of aliphatic carboxylic acids is 1. The molecule has 1 amide bonds. The molecular weight excluding hydrogens is 330 g/mol. The quantitative estimate of drug-likeness (QED) is 0.813. The van der Waals surface area contributed by atoms with Crippen LogP contribution in [0.3, 0.4) is 0 Å². The molecule has 5 heteroatoms. The number of hydrogen-bond acceptors (Lipinski definition) is 3. The summed E-state index contributed by atoms with van der Waals surface area (Å²) in [7, 11) is 0. The molecular formula is C21H23NO4. The number of carboxylic acid groups (broad SMARTS) is 1. The molecule has 0 heterocycles. The van der Waals surface area contributed by atoms with E-state index in [9.17, 15) is 9.59 Å². The predicted octanol–water partition coefficient (Wildman–Crippen LogP) is 4.12. The maximum Gasteiger partial charge on any atom is 0.409 e. The SMILES string of the molecule is CCN(CCCC(=O)O)C(=O)OCC1c2ccccc2-c2ccccc21. The number of ether oxygens (including phenoxy) is 1. The summed E-state index contributed by atoms with van der Waals surface area (Å²) in [5, 5.41) is 8.74. The molecule has 5 nitrogen and oxygen atoms in total. The number of carbonyl (C=O) groups is 2. The van der Waals surface area contributed by atoms with Crippen molar-refractivity contribution in [2.45, 2.75) is 25.7 Å². The highest BCUT2D eigenvalue weighted by molar-refractivity contribution is 5.79. The summed E-state index contributed by atoms with van der Waals surface area (Å²) in [4.78, 5) is 24.6. The maximum absolute atomic E-state index is 12.4. The molecule has 0 atom stereocenters. The second kappa shape index (κ2) is 8.04. The van der Waals surface area contributed by atoms with Crippen LogP contribution in [0.2, 0.25) is 0 Å². The van der Waals surface area contributed by atoms with Crippen molar-refractivity contribution in [2.24, 2.45) is 0 Å². The van der Waals surface area contributed by atoms with Gasteiger partial charge in [0.15, 0.2) is 0 Å². The maximum atomic E-state index is 12.4. The average Bonchev–Trinajstić information content (AvgIpc) is 2.97. The fourth-order valence-corrected chi connectivity index (χ4v) is 3.48. The van der Waals surface area contributed by atoms with Crippen molar-refractivity contribution in [3.63, 3.8) is 0 Å². The average molecular weight is 353 g/mol. The first-order chi connectivity index (χ1) is 12.6. The van der Waals surface area contributed by atoms with Gasteiger partial charge < -0.3 is 14.7 Å². The third-order valence-corrected chi connectivity index (χ3v) is 4.79. The highest BCUT2D eigenvalue weighted by Crippen LogP contribution is 2.44. The van der Waals surface area contributed by atoms with Gasteiger partial charge in [0.25, 0.3) is 0 Å². The fraction of sp³-hybridized carbons (Fsp3) is 0.333. The topological polar surface area (TPSA) is 66.8 Å². The van der Waals surface area contributed by atoms with E-state index < -0.39 is 5.97 Å². The minimum atomic E-state index is -0.853. The monoisotopic (exact) mass is 353 g/mol. The molecule has 0 saturated carbocycles. The van der Waals surface area contributed by atoms with Crippen molar-refractivity contribution in [3.05, 3.63) is 59.7 Å². The van der Waals surface area contributed by atoms with Crippen LogP contribution in [0.15, 0.2) is 48.5 Å². The second-order valence-corrected chi connectivity index (χ2v) is 6.38. The Morgan fingerprint density at radius 2 is 1.62 bits per heavy atom. The van der Waals surface area contributed by atoms with Crippen LogP contribution in [0.25, 0.3) is 11.1 Å². The van der Waals surface area contributed by atoms with Crippen LogP contribution in [0, 0.1) is 0 Å². The van der Waals surface area contributed by atoms with E-state index in [1.54, 1.807) is 4.90 Å². The standard InChI is InChI=1S/C21H23NO4/c1-2-22(13-7-12-20(23)24)21(25)26-14-19-17-10-5-3-8-15(17)16-9-4-6-11-18(16)19/h3-6,8-11,19H,2,7,12-14H2,1H3,(H,23,24).